The minimum atomic E-state index is -1.23. The molecule has 2 N–H and O–H groups in total. The Kier molecular flexibility index (Phi) is 12.5. The SMILES string of the molecule is C.Cc1ccc2nc(S(=O)Cc3ncc(C)c(C)c3C)[nH]c2c1.Cc1ccc2nc(SCc3ncc(C)c(C)c3C)[nH]c2c1.I. The van der Waals surface area contributed by atoms with E-state index in [1.54, 1.807) is 11.8 Å². The Bertz CT molecular complexity index is 1980. The van der Waals surface area contributed by atoms with Crippen LogP contribution in [0.3, 0.4) is 0 Å². The van der Waals surface area contributed by atoms with Gasteiger partial charge in [-0.1, -0.05) is 31.3 Å². The smallest absolute Gasteiger partial charge is 0.197 e. The van der Waals surface area contributed by atoms with Gasteiger partial charge in [-0.2, -0.15) is 0 Å². The van der Waals surface area contributed by atoms with E-state index in [0.29, 0.717) is 10.9 Å². The number of rotatable bonds is 6. The lowest BCUT2D eigenvalue weighted by atomic mass is 10.1. The highest BCUT2D eigenvalue weighted by atomic mass is 127. The predicted octanol–water partition coefficient (Wildman–Crippen LogP) is 9.24. The number of halogens is 1. The standard InChI is InChI=1S/C17H19N3OS.C17H19N3S.CH4.HI/c1-10-5-6-14-15(7-10)20-17(19-14)22(21)9-16-13(4)12(3)11(2)8-18-16;1-10-5-6-14-15(7-10)20-17(19-14)21-9-16-13(4)12(3)11(2)8-18-16;;/h5-8H,9H2,1-4H3,(H,19,20);5-8H,9H2,1-4H3,(H,19,20);1H4;1H. The van der Waals surface area contributed by atoms with E-state index in [-0.39, 0.29) is 31.4 Å². The van der Waals surface area contributed by atoms with Crippen molar-refractivity contribution in [2.45, 2.75) is 84.6 Å². The van der Waals surface area contributed by atoms with E-state index >= 15 is 0 Å². The van der Waals surface area contributed by atoms with Crippen molar-refractivity contribution in [2.75, 3.05) is 0 Å². The summed E-state index contributed by atoms with van der Waals surface area (Å²) in [6.45, 7) is 16.7. The molecule has 1 unspecified atom stereocenters. The molecule has 0 spiro atoms. The van der Waals surface area contributed by atoms with Gasteiger partial charge in [0.1, 0.15) is 0 Å². The number of fused-ring (bicyclic) bond motifs is 2. The maximum Gasteiger partial charge on any atom is 0.197 e. The molecule has 4 aromatic heterocycles. The number of H-pyrrole nitrogens is 2. The molecule has 6 rings (SSSR count). The number of hydrogen-bond donors (Lipinski definition) is 2. The van der Waals surface area contributed by atoms with Gasteiger partial charge >= 0.3 is 0 Å². The molecule has 6 aromatic rings. The third kappa shape index (κ3) is 8.39. The fourth-order valence-corrected chi connectivity index (χ4v) is 6.77. The van der Waals surface area contributed by atoms with Crippen molar-refractivity contribution in [1.82, 2.24) is 29.9 Å². The number of thioether (sulfide) groups is 1. The van der Waals surface area contributed by atoms with Gasteiger partial charge in [0, 0.05) is 18.1 Å². The molecule has 0 bridgehead atoms. The molecule has 0 saturated heterocycles. The van der Waals surface area contributed by atoms with Gasteiger partial charge < -0.3 is 9.97 Å². The molecule has 0 aliphatic carbocycles. The number of benzene rings is 2. The molecule has 4 heterocycles. The van der Waals surface area contributed by atoms with E-state index in [9.17, 15) is 4.21 Å². The molecule has 7 nitrogen and oxygen atoms in total. The first-order valence-corrected chi connectivity index (χ1v) is 16.6. The average molecular weight is 755 g/mol. The van der Waals surface area contributed by atoms with Crippen LogP contribution in [-0.4, -0.2) is 34.1 Å². The first-order valence-electron chi connectivity index (χ1n) is 14.3. The topological polar surface area (TPSA) is 100 Å². The van der Waals surface area contributed by atoms with Gasteiger partial charge in [-0.25, -0.2) is 9.97 Å². The monoisotopic (exact) mass is 754 g/mol. The number of aromatic nitrogens is 6. The Morgan fingerprint density at radius 2 is 1.20 bits per heavy atom. The van der Waals surface area contributed by atoms with Gasteiger partial charge in [0.05, 0.1) is 50.0 Å². The predicted molar refractivity (Wildman–Crippen MR) is 200 cm³/mol. The van der Waals surface area contributed by atoms with Crippen LogP contribution in [0.2, 0.25) is 0 Å². The van der Waals surface area contributed by atoms with Crippen LogP contribution in [0.25, 0.3) is 22.1 Å². The van der Waals surface area contributed by atoms with Crippen LogP contribution in [-0.2, 0) is 22.3 Å². The van der Waals surface area contributed by atoms with Gasteiger partial charge in [-0.15, -0.1) is 24.0 Å². The molecular formula is C35H43IN6OS2. The number of nitrogens with one attached hydrogen (secondary N) is 2. The number of pyridine rings is 2. The maximum atomic E-state index is 12.6. The second-order valence-electron chi connectivity index (χ2n) is 11.2. The number of aryl methyl sites for hydroxylation is 4. The zero-order valence-electron chi connectivity index (χ0n) is 26.5. The summed E-state index contributed by atoms with van der Waals surface area (Å²) in [6.07, 6.45) is 3.80. The number of imidazole rings is 2. The maximum absolute atomic E-state index is 12.6. The molecule has 10 heteroatoms. The summed E-state index contributed by atoms with van der Waals surface area (Å²) in [6, 6.07) is 12.2. The van der Waals surface area contributed by atoms with Crippen molar-refractivity contribution in [1.29, 1.82) is 0 Å². The third-order valence-corrected chi connectivity index (χ3v) is 10.1. The molecule has 0 amide bonds. The molecule has 0 aliphatic heterocycles. The van der Waals surface area contributed by atoms with E-state index in [2.05, 4.69) is 82.7 Å². The van der Waals surface area contributed by atoms with Crippen LogP contribution in [0.4, 0.5) is 0 Å². The Balaban J connectivity index is 0.000000235. The van der Waals surface area contributed by atoms with Gasteiger partial charge in [-0.3, -0.25) is 14.2 Å². The number of hydrogen-bond acceptors (Lipinski definition) is 6. The van der Waals surface area contributed by atoms with Crippen LogP contribution in [0, 0.1) is 55.4 Å². The van der Waals surface area contributed by atoms with E-state index < -0.39 is 10.8 Å². The van der Waals surface area contributed by atoms with Crippen molar-refractivity contribution >= 4 is 68.6 Å². The fourth-order valence-electron chi connectivity index (χ4n) is 4.76. The normalized spacial score (nSPS) is 11.5. The first kappa shape index (κ1) is 36.4. The van der Waals surface area contributed by atoms with Gasteiger partial charge in [0.25, 0.3) is 0 Å². The highest BCUT2D eigenvalue weighted by molar-refractivity contribution is 14.0. The highest BCUT2D eigenvalue weighted by Crippen LogP contribution is 2.26. The quantitative estimate of drug-likeness (QED) is 0.130. The molecule has 0 fully saturated rings. The highest BCUT2D eigenvalue weighted by Gasteiger charge is 2.14. The van der Waals surface area contributed by atoms with Crippen molar-refractivity contribution < 1.29 is 4.21 Å². The van der Waals surface area contributed by atoms with E-state index in [1.807, 2.05) is 51.4 Å². The van der Waals surface area contributed by atoms with E-state index in [4.69, 9.17) is 0 Å². The van der Waals surface area contributed by atoms with Crippen molar-refractivity contribution in [2.24, 2.45) is 0 Å². The Hall–Kier alpha value is -3.09. The molecule has 0 radical (unpaired) electrons. The summed E-state index contributed by atoms with van der Waals surface area (Å²) in [7, 11) is -1.23. The second kappa shape index (κ2) is 15.5. The fraction of sp³-hybridized carbons (Fsp3) is 0.314. The molecule has 1 atom stereocenters. The summed E-state index contributed by atoms with van der Waals surface area (Å²) < 4.78 is 12.6. The lowest BCUT2D eigenvalue weighted by Crippen LogP contribution is -2.04. The van der Waals surface area contributed by atoms with Crippen LogP contribution < -0.4 is 0 Å². The molecule has 0 saturated carbocycles. The zero-order valence-corrected chi connectivity index (χ0v) is 30.4. The molecule has 0 aliphatic rings. The number of nitrogens with zero attached hydrogens (tertiary/aromatic N) is 4. The molecule has 2 aromatic carbocycles. The summed E-state index contributed by atoms with van der Waals surface area (Å²) in [4.78, 5) is 24.6. The summed E-state index contributed by atoms with van der Waals surface area (Å²) in [5.74, 6) is 1.22. The van der Waals surface area contributed by atoms with Gasteiger partial charge in [0.15, 0.2) is 10.3 Å². The Labute approximate surface area is 290 Å². The van der Waals surface area contributed by atoms with Gasteiger partial charge in [-0.05, 0) is 124 Å². The van der Waals surface area contributed by atoms with E-state index in [0.717, 1.165) is 61.1 Å². The van der Waals surface area contributed by atoms with Gasteiger partial charge in [0.2, 0.25) is 0 Å². The van der Waals surface area contributed by atoms with Crippen LogP contribution in [0.5, 0.6) is 0 Å². The number of aromatic amines is 2. The molecular weight excluding hydrogens is 711 g/mol. The summed E-state index contributed by atoms with van der Waals surface area (Å²) in [5, 5.41) is 1.47. The van der Waals surface area contributed by atoms with Crippen molar-refractivity contribution in [3.05, 3.63) is 105 Å². The van der Waals surface area contributed by atoms with Crippen molar-refractivity contribution in [3.8, 4) is 0 Å². The lowest BCUT2D eigenvalue weighted by Gasteiger charge is -2.09. The molecule has 238 valence electrons. The average Bonchev–Trinajstić information content (AvgIpc) is 3.59. The largest absolute Gasteiger partial charge is 0.333 e. The van der Waals surface area contributed by atoms with Crippen LogP contribution in [0.1, 0.15) is 63.3 Å². The molecule has 45 heavy (non-hydrogen) atoms. The van der Waals surface area contributed by atoms with E-state index in [1.165, 1.54) is 27.8 Å². The minimum absolute atomic E-state index is 0. The summed E-state index contributed by atoms with van der Waals surface area (Å²) >= 11 is 1.70. The van der Waals surface area contributed by atoms with Crippen LogP contribution >= 0.6 is 35.7 Å². The first-order chi connectivity index (χ1) is 20.5. The second-order valence-corrected chi connectivity index (χ2v) is 13.5. The minimum Gasteiger partial charge on any atom is -0.333 e. The van der Waals surface area contributed by atoms with Crippen LogP contribution in [0.15, 0.2) is 59.1 Å². The third-order valence-electron chi connectivity index (χ3n) is 8.06. The Morgan fingerprint density at radius 3 is 1.80 bits per heavy atom. The summed E-state index contributed by atoms with van der Waals surface area (Å²) in [5.41, 5.74) is 15.7. The zero-order chi connectivity index (χ0) is 30.8. The van der Waals surface area contributed by atoms with Crippen molar-refractivity contribution in [3.63, 3.8) is 0 Å². The Morgan fingerprint density at radius 1 is 0.689 bits per heavy atom. The lowest BCUT2D eigenvalue weighted by molar-refractivity contribution is 0.676.